The number of nitrogens with one attached hydrogen (secondary N) is 1. The highest BCUT2D eigenvalue weighted by Gasteiger charge is 2.27. The normalized spacial score (nSPS) is 16.5. The molecule has 0 unspecified atom stereocenters. The van der Waals surface area contributed by atoms with Gasteiger partial charge >= 0.3 is 0 Å². The fraction of sp³-hybridized carbons (Fsp3) is 0.333. The van der Waals surface area contributed by atoms with Gasteiger partial charge in [0.1, 0.15) is 11.3 Å². The number of hydrogen-bond acceptors (Lipinski definition) is 4. The minimum atomic E-state index is -0.351. The van der Waals surface area contributed by atoms with E-state index in [0.717, 1.165) is 35.9 Å². The minimum absolute atomic E-state index is 0.0759. The number of carbonyl (C=O) groups excluding carboxylic acids is 1. The molecule has 26 heavy (non-hydrogen) atoms. The Morgan fingerprint density at radius 2 is 2.00 bits per heavy atom. The molecule has 1 fully saturated rings. The molecule has 1 aliphatic carbocycles. The molecule has 1 atom stereocenters. The van der Waals surface area contributed by atoms with Crippen LogP contribution in [0, 0.1) is 5.92 Å². The van der Waals surface area contributed by atoms with Crippen LogP contribution in [0.4, 0.5) is 0 Å². The topological polar surface area (TPSA) is 62.2 Å². The van der Waals surface area contributed by atoms with Crippen LogP contribution in [-0.2, 0) is 4.79 Å². The van der Waals surface area contributed by atoms with Gasteiger partial charge in [-0.1, -0.05) is 43.5 Å². The number of pyridine rings is 1. The highest BCUT2D eigenvalue weighted by molar-refractivity contribution is 7.10. The van der Waals surface area contributed by atoms with Crippen LogP contribution in [0.1, 0.15) is 48.6 Å². The third-order valence-electron chi connectivity index (χ3n) is 5.18. The average molecular weight is 366 g/mol. The van der Waals surface area contributed by atoms with E-state index in [1.54, 1.807) is 17.5 Å². The Morgan fingerprint density at radius 1 is 1.15 bits per heavy atom. The molecule has 1 aromatic carbocycles. The molecule has 0 saturated heterocycles. The van der Waals surface area contributed by atoms with Gasteiger partial charge in [0, 0.05) is 27.9 Å². The lowest BCUT2D eigenvalue weighted by atomic mass is 9.88. The zero-order chi connectivity index (χ0) is 17.9. The van der Waals surface area contributed by atoms with Gasteiger partial charge in [0.2, 0.25) is 5.91 Å². The van der Waals surface area contributed by atoms with Crippen LogP contribution in [0.2, 0.25) is 0 Å². The first-order valence-electron chi connectivity index (χ1n) is 9.14. The maximum absolute atomic E-state index is 12.8. The van der Waals surface area contributed by atoms with Crippen LogP contribution < -0.4 is 5.32 Å². The molecule has 2 aromatic heterocycles. The maximum Gasteiger partial charge on any atom is 0.223 e. The van der Waals surface area contributed by atoms with Crippen molar-refractivity contribution in [3.8, 4) is 5.75 Å². The largest absolute Gasteiger partial charge is 0.505 e. The van der Waals surface area contributed by atoms with Gasteiger partial charge in [-0.15, -0.1) is 11.3 Å². The Bertz CT molecular complexity index is 902. The van der Waals surface area contributed by atoms with Crippen molar-refractivity contribution < 1.29 is 9.90 Å². The Hall–Kier alpha value is -2.40. The summed E-state index contributed by atoms with van der Waals surface area (Å²) in [7, 11) is 0. The number of thiophene rings is 1. The van der Waals surface area contributed by atoms with Gasteiger partial charge in [-0.3, -0.25) is 9.78 Å². The van der Waals surface area contributed by atoms with Gasteiger partial charge in [-0.25, -0.2) is 0 Å². The molecule has 1 amide bonds. The summed E-state index contributed by atoms with van der Waals surface area (Å²) in [4.78, 5) is 18.2. The second-order valence-corrected chi connectivity index (χ2v) is 7.85. The van der Waals surface area contributed by atoms with Gasteiger partial charge in [0.05, 0.1) is 6.04 Å². The molecular weight excluding hydrogens is 344 g/mol. The summed E-state index contributed by atoms with van der Waals surface area (Å²) >= 11 is 1.58. The van der Waals surface area contributed by atoms with Crippen LogP contribution in [0.5, 0.6) is 5.75 Å². The number of carbonyl (C=O) groups is 1. The van der Waals surface area contributed by atoms with E-state index in [4.69, 9.17) is 0 Å². The lowest BCUT2D eigenvalue weighted by Gasteiger charge is -2.25. The number of amides is 1. The number of phenols is 1. The predicted molar refractivity (Wildman–Crippen MR) is 104 cm³/mol. The van der Waals surface area contributed by atoms with Crippen molar-refractivity contribution in [2.24, 2.45) is 5.92 Å². The molecular formula is C21H22N2O2S. The van der Waals surface area contributed by atoms with E-state index in [0.29, 0.717) is 11.1 Å². The Morgan fingerprint density at radius 3 is 2.77 bits per heavy atom. The SMILES string of the molecule is O=C(N[C@@H](c1cccs1)c1ccc2cccnc2c1O)C1CCCCC1. The number of aromatic nitrogens is 1. The number of benzene rings is 1. The highest BCUT2D eigenvalue weighted by atomic mass is 32.1. The van der Waals surface area contributed by atoms with Gasteiger partial charge < -0.3 is 10.4 Å². The molecule has 5 heteroatoms. The van der Waals surface area contributed by atoms with Crippen molar-refractivity contribution in [2.75, 3.05) is 0 Å². The van der Waals surface area contributed by atoms with E-state index in [1.165, 1.54) is 6.42 Å². The lowest BCUT2D eigenvalue weighted by molar-refractivity contribution is -0.126. The average Bonchev–Trinajstić information content (AvgIpc) is 3.22. The molecule has 2 N–H and O–H groups in total. The molecule has 0 radical (unpaired) electrons. The highest BCUT2D eigenvalue weighted by Crippen LogP contribution is 2.36. The summed E-state index contributed by atoms with van der Waals surface area (Å²) in [5.74, 6) is 0.306. The summed E-state index contributed by atoms with van der Waals surface area (Å²) in [5, 5.41) is 16.9. The van der Waals surface area contributed by atoms with Crippen LogP contribution in [0.15, 0.2) is 48.0 Å². The number of rotatable bonds is 4. The van der Waals surface area contributed by atoms with Gasteiger partial charge in [-0.05, 0) is 30.4 Å². The first kappa shape index (κ1) is 17.0. The lowest BCUT2D eigenvalue weighted by Crippen LogP contribution is -2.35. The molecule has 0 aliphatic heterocycles. The van der Waals surface area contributed by atoms with Crippen molar-refractivity contribution in [3.63, 3.8) is 0 Å². The summed E-state index contributed by atoms with van der Waals surface area (Å²) in [6, 6.07) is 11.2. The quantitative estimate of drug-likeness (QED) is 0.698. The summed E-state index contributed by atoms with van der Waals surface area (Å²) < 4.78 is 0. The fourth-order valence-corrected chi connectivity index (χ4v) is 4.55. The van der Waals surface area contributed by atoms with E-state index in [-0.39, 0.29) is 23.6 Å². The van der Waals surface area contributed by atoms with Gasteiger partial charge in [0.15, 0.2) is 0 Å². The van der Waals surface area contributed by atoms with E-state index < -0.39 is 0 Å². The van der Waals surface area contributed by atoms with Gasteiger partial charge in [-0.2, -0.15) is 0 Å². The molecule has 3 aromatic rings. The number of hydrogen-bond donors (Lipinski definition) is 2. The molecule has 1 aliphatic rings. The van der Waals surface area contributed by atoms with E-state index in [2.05, 4.69) is 10.3 Å². The second kappa shape index (κ2) is 7.46. The zero-order valence-electron chi connectivity index (χ0n) is 14.5. The summed E-state index contributed by atoms with van der Waals surface area (Å²) in [5.41, 5.74) is 1.27. The van der Waals surface area contributed by atoms with E-state index in [1.807, 2.05) is 41.8 Å². The molecule has 134 valence electrons. The molecule has 4 rings (SSSR count). The maximum atomic E-state index is 12.8. The van der Waals surface area contributed by atoms with Crippen LogP contribution >= 0.6 is 11.3 Å². The van der Waals surface area contributed by atoms with Crippen LogP contribution in [0.3, 0.4) is 0 Å². The van der Waals surface area contributed by atoms with Crippen molar-refractivity contribution in [3.05, 3.63) is 58.4 Å². The van der Waals surface area contributed by atoms with Crippen molar-refractivity contribution in [1.82, 2.24) is 10.3 Å². The van der Waals surface area contributed by atoms with Crippen LogP contribution in [0.25, 0.3) is 10.9 Å². The fourth-order valence-electron chi connectivity index (χ4n) is 3.76. The Labute approximate surface area is 156 Å². The van der Waals surface area contributed by atoms with E-state index in [9.17, 15) is 9.90 Å². The second-order valence-electron chi connectivity index (χ2n) is 6.87. The molecule has 2 heterocycles. The first-order valence-corrected chi connectivity index (χ1v) is 10.0. The minimum Gasteiger partial charge on any atom is -0.505 e. The van der Waals surface area contributed by atoms with Gasteiger partial charge in [0.25, 0.3) is 0 Å². The van der Waals surface area contributed by atoms with Crippen molar-refractivity contribution in [1.29, 1.82) is 0 Å². The van der Waals surface area contributed by atoms with E-state index >= 15 is 0 Å². The monoisotopic (exact) mass is 366 g/mol. The Balaban J connectivity index is 1.70. The van der Waals surface area contributed by atoms with Crippen LogP contribution in [-0.4, -0.2) is 16.0 Å². The first-order chi connectivity index (χ1) is 12.7. The number of aromatic hydroxyl groups is 1. The Kier molecular flexibility index (Phi) is 4.89. The zero-order valence-corrected chi connectivity index (χ0v) is 15.3. The third-order valence-corrected chi connectivity index (χ3v) is 6.12. The predicted octanol–water partition coefficient (Wildman–Crippen LogP) is 4.79. The molecule has 0 bridgehead atoms. The number of nitrogens with zero attached hydrogens (tertiary/aromatic N) is 1. The number of phenolic OH excluding ortho intramolecular Hbond substituents is 1. The number of fused-ring (bicyclic) bond motifs is 1. The molecule has 0 spiro atoms. The standard InChI is InChI=1S/C21H22N2O2S/c24-20-16(11-10-14-8-4-12-22-18(14)20)19(17-9-5-13-26-17)23-21(25)15-6-2-1-3-7-15/h4-5,8-13,15,19,24H,1-3,6-7H2,(H,23,25)/t19-/m1/s1. The molecule has 4 nitrogen and oxygen atoms in total. The smallest absolute Gasteiger partial charge is 0.223 e. The third kappa shape index (κ3) is 3.31. The summed E-state index contributed by atoms with van der Waals surface area (Å²) in [6.45, 7) is 0. The van der Waals surface area contributed by atoms with Crippen molar-refractivity contribution >= 4 is 28.1 Å². The molecule has 1 saturated carbocycles. The summed E-state index contributed by atoms with van der Waals surface area (Å²) in [6.07, 6.45) is 7.03. The van der Waals surface area contributed by atoms with Crippen molar-refractivity contribution in [2.45, 2.75) is 38.1 Å².